The summed E-state index contributed by atoms with van der Waals surface area (Å²) >= 11 is 11.8. The molecule has 1 aliphatic heterocycles. The van der Waals surface area contributed by atoms with E-state index in [0.29, 0.717) is 30.3 Å². The first-order chi connectivity index (χ1) is 9.11. The molecule has 0 N–H and O–H groups in total. The van der Waals surface area contributed by atoms with Crippen molar-refractivity contribution < 1.29 is 9.53 Å². The van der Waals surface area contributed by atoms with Crippen molar-refractivity contribution in [3.8, 4) is 0 Å². The monoisotopic (exact) mass is 300 g/mol. The van der Waals surface area contributed by atoms with Gasteiger partial charge in [0.25, 0.3) is 5.91 Å². The summed E-state index contributed by atoms with van der Waals surface area (Å²) in [5.41, 5.74) is 1.61. The summed E-state index contributed by atoms with van der Waals surface area (Å²) in [4.78, 5) is 17.9. The average Bonchev–Trinajstić information content (AvgIpc) is 2.42. The maximum atomic E-state index is 12.3. The van der Waals surface area contributed by atoms with E-state index < -0.39 is 0 Å². The van der Waals surface area contributed by atoms with Gasteiger partial charge < -0.3 is 9.64 Å². The third-order valence-corrected chi connectivity index (χ3v) is 3.48. The van der Waals surface area contributed by atoms with Crippen molar-refractivity contribution in [1.82, 2.24) is 9.88 Å². The molecule has 0 atom stereocenters. The minimum atomic E-state index is -0.123. The zero-order chi connectivity index (χ0) is 13.8. The number of nitrogens with zero attached hydrogens (tertiary/aromatic N) is 2. The molecule has 1 aliphatic rings. The molecule has 0 fully saturated rings. The number of hydrogen-bond donors (Lipinski definition) is 0. The summed E-state index contributed by atoms with van der Waals surface area (Å²) in [6, 6.07) is 1.50. The summed E-state index contributed by atoms with van der Waals surface area (Å²) in [5, 5.41) is 0.585. The molecule has 6 heteroatoms. The van der Waals surface area contributed by atoms with Gasteiger partial charge in [0.05, 0.1) is 17.2 Å². The van der Waals surface area contributed by atoms with E-state index >= 15 is 0 Å². The average molecular weight is 301 g/mol. The van der Waals surface area contributed by atoms with Crippen molar-refractivity contribution in [2.24, 2.45) is 0 Å². The molecule has 1 amide bonds. The predicted octanol–water partition coefficient (Wildman–Crippen LogP) is 2.81. The predicted molar refractivity (Wildman–Crippen MR) is 74.7 cm³/mol. The SMILES string of the molecule is COCC1=CCN(C(=O)c2cc(Cl)ncc2Cl)CC1. The molecule has 0 aromatic carbocycles. The van der Waals surface area contributed by atoms with Crippen LogP contribution in [0.5, 0.6) is 0 Å². The summed E-state index contributed by atoms with van der Waals surface area (Å²) in [7, 11) is 1.66. The fourth-order valence-electron chi connectivity index (χ4n) is 1.96. The van der Waals surface area contributed by atoms with E-state index in [1.165, 1.54) is 17.8 Å². The number of methoxy groups -OCH3 is 1. The van der Waals surface area contributed by atoms with Crippen LogP contribution in [0.15, 0.2) is 23.9 Å². The first-order valence-corrected chi connectivity index (χ1v) is 6.64. The molecule has 0 radical (unpaired) electrons. The molecule has 102 valence electrons. The minimum absolute atomic E-state index is 0.123. The Labute approximate surface area is 122 Å². The van der Waals surface area contributed by atoms with Gasteiger partial charge >= 0.3 is 0 Å². The van der Waals surface area contributed by atoms with E-state index in [2.05, 4.69) is 4.98 Å². The number of hydrogen-bond acceptors (Lipinski definition) is 3. The summed E-state index contributed by atoms with van der Waals surface area (Å²) < 4.78 is 5.08. The van der Waals surface area contributed by atoms with E-state index in [4.69, 9.17) is 27.9 Å². The third kappa shape index (κ3) is 3.47. The van der Waals surface area contributed by atoms with Crippen LogP contribution in [0, 0.1) is 0 Å². The number of carbonyl (C=O) groups is 1. The van der Waals surface area contributed by atoms with Crippen LogP contribution in [-0.2, 0) is 4.74 Å². The first-order valence-electron chi connectivity index (χ1n) is 5.89. The van der Waals surface area contributed by atoms with Crippen LogP contribution in [0.25, 0.3) is 0 Å². The smallest absolute Gasteiger partial charge is 0.255 e. The van der Waals surface area contributed by atoms with Crippen molar-refractivity contribution in [2.75, 3.05) is 26.8 Å². The maximum Gasteiger partial charge on any atom is 0.255 e. The van der Waals surface area contributed by atoms with E-state index in [-0.39, 0.29) is 11.1 Å². The van der Waals surface area contributed by atoms with Gasteiger partial charge in [0, 0.05) is 26.4 Å². The Morgan fingerprint density at radius 2 is 2.32 bits per heavy atom. The second-order valence-electron chi connectivity index (χ2n) is 4.28. The Morgan fingerprint density at radius 1 is 1.53 bits per heavy atom. The molecule has 1 aromatic rings. The Balaban J connectivity index is 2.11. The Bertz CT molecular complexity index is 517. The lowest BCUT2D eigenvalue weighted by atomic mass is 10.1. The third-order valence-electron chi connectivity index (χ3n) is 2.97. The van der Waals surface area contributed by atoms with Crippen molar-refractivity contribution in [3.63, 3.8) is 0 Å². The van der Waals surface area contributed by atoms with Crippen LogP contribution in [0.4, 0.5) is 0 Å². The second kappa shape index (κ2) is 6.37. The van der Waals surface area contributed by atoms with Crippen LogP contribution in [0.2, 0.25) is 10.2 Å². The number of amides is 1. The summed E-state index contributed by atoms with van der Waals surface area (Å²) in [6.07, 6.45) is 4.23. The lowest BCUT2D eigenvalue weighted by Gasteiger charge is -2.26. The van der Waals surface area contributed by atoms with E-state index in [0.717, 1.165) is 6.42 Å². The molecule has 0 unspecified atom stereocenters. The number of ether oxygens (including phenoxy) is 1. The van der Waals surface area contributed by atoms with Crippen LogP contribution < -0.4 is 0 Å². The molecule has 19 heavy (non-hydrogen) atoms. The molecule has 1 aromatic heterocycles. The Hall–Kier alpha value is -1.10. The molecule has 0 bridgehead atoms. The fourth-order valence-corrected chi connectivity index (χ4v) is 2.30. The van der Waals surface area contributed by atoms with Crippen molar-refractivity contribution >= 4 is 29.1 Å². The van der Waals surface area contributed by atoms with E-state index in [9.17, 15) is 4.79 Å². The molecule has 0 saturated heterocycles. The van der Waals surface area contributed by atoms with Gasteiger partial charge in [-0.2, -0.15) is 0 Å². The minimum Gasteiger partial charge on any atom is -0.380 e. The summed E-state index contributed by atoms with van der Waals surface area (Å²) in [5.74, 6) is -0.123. The van der Waals surface area contributed by atoms with Gasteiger partial charge in [-0.3, -0.25) is 4.79 Å². The number of pyridine rings is 1. The fraction of sp³-hybridized carbons (Fsp3) is 0.385. The zero-order valence-electron chi connectivity index (χ0n) is 10.5. The molecular formula is C13H14Cl2N2O2. The van der Waals surface area contributed by atoms with Gasteiger partial charge in [-0.15, -0.1) is 0 Å². The van der Waals surface area contributed by atoms with Gasteiger partial charge in [-0.25, -0.2) is 4.98 Å². The van der Waals surface area contributed by atoms with E-state index in [1.807, 2.05) is 6.08 Å². The van der Waals surface area contributed by atoms with Crippen LogP contribution in [0.3, 0.4) is 0 Å². The number of halogens is 2. The number of rotatable bonds is 3. The highest BCUT2D eigenvalue weighted by Crippen LogP contribution is 2.21. The van der Waals surface area contributed by atoms with Gasteiger partial charge in [-0.05, 0) is 18.1 Å². The molecule has 0 aliphatic carbocycles. The number of aromatic nitrogens is 1. The highest BCUT2D eigenvalue weighted by molar-refractivity contribution is 6.35. The number of carbonyl (C=O) groups excluding carboxylic acids is 1. The highest BCUT2D eigenvalue weighted by Gasteiger charge is 2.21. The van der Waals surface area contributed by atoms with Gasteiger partial charge in [-0.1, -0.05) is 29.3 Å². The standard InChI is InChI=1S/C13H14Cl2N2O2/c1-19-8-9-2-4-17(5-3-9)13(18)10-6-12(15)16-7-11(10)14/h2,6-7H,3-5,8H2,1H3. The van der Waals surface area contributed by atoms with Gasteiger partial charge in [0.15, 0.2) is 0 Å². The van der Waals surface area contributed by atoms with Gasteiger partial charge in [0.2, 0.25) is 0 Å². The van der Waals surface area contributed by atoms with Crippen molar-refractivity contribution in [3.05, 3.63) is 39.7 Å². The first kappa shape index (κ1) is 14.3. The van der Waals surface area contributed by atoms with Crippen LogP contribution >= 0.6 is 23.2 Å². The summed E-state index contributed by atoms with van der Waals surface area (Å²) in [6.45, 7) is 1.84. The molecular weight excluding hydrogens is 287 g/mol. The van der Waals surface area contributed by atoms with Gasteiger partial charge in [0.1, 0.15) is 5.15 Å². The topological polar surface area (TPSA) is 42.4 Å². The molecule has 4 nitrogen and oxygen atoms in total. The van der Waals surface area contributed by atoms with Crippen LogP contribution in [-0.4, -0.2) is 42.6 Å². The Kier molecular flexibility index (Phi) is 4.80. The van der Waals surface area contributed by atoms with Crippen LogP contribution in [0.1, 0.15) is 16.8 Å². The van der Waals surface area contributed by atoms with Crippen molar-refractivity contribution in [2.45, 2.75) is 6.42 Å². The van der Waals surface area contributed by atoms with Crippen molar-refractivity contribution in [1.29, 1.82) is 0 Å². The molecule has 2 rings (SSSR count). The molecule has 0 spiro atoms. The highest BCUT2D eigenvalue weighted by atomic mass is 35.5. The molecule has 0 saturated carbocycles. The second-order valence-corrected chi connectivity index (χ2v) is 5.08. The zero-order valence-corrected chi connectivity index (χ0v) is 12.0. The normalized spacial score (nSPS) is 15.3. The van der Waals surface area contributed by atoms with E-state index in [1.54, 1.807) is 12.0 Å². The molecule has 2 heterocycles. The Morgan fingerprint density at radius 3 is 2.95 bits per heavy atom. The maximum absolute atomic E-state index is 12.3. The lowest BCUT2D eigenvalue weighted by molar-refractivity contribution is 0.0765. The lowest BCUT2D eigenvalue weighted by Crippen LogP contribution is -2.35. The quantitative estimate of drug-likeness (QED) is 0.637. The largest absolute Gasteiger partial charge is 0.380 e.